The molecular weight excluding hydrogens is 439 g/mol. The quantitative estimate of drug-likeness (QED) is 0.607. The summed E-state index contributed by atoms with van der Waals surface area (Å²) >= 11 is 11.8. The van der Waals surface area contributed by atoms with E-state index in [1.165, 1.54) is 11.1 Å². The molecule has 0 saturated heterocycles. The number of hydrogen-bond donors (Lipinski definition) is 1. The second kappa shape index (κ2) is 9.33. The Hall–Kier alpha value is -3.15. The highest BCUT2D eigenvalue weighted by molar-refractivity contribution is 6.42. The summed E-state index contributed by atoms with van der Waals surface area (Å²) in [5, 5.41) is 16.8. The molecule has 0 radical (unpaired) electrons. The van der Waals surface area contributed by atoms with Crippen LogP contribution >= 0.6 is 23.2 Å². The molecule has 2 heterocycles. The lowest BCUT2D eigenvalue weighted by Gasteiger charge is -2.18. The van der Waals surface area contributed by atoms with Crippen LogP contribution in [-0.4, -0.2) is 44.9 Å². The van der Waals surface area contributed by atoms with Crippen LogP contribution in [-0.2, 0) is 16.0 Å². The van der Waals surface area contributed by atoms with Crippen LogP contribution in [0, 0.1) is 25.2 Å². The van der Waals surface area contributed by atoms with Crippen molar-refractivity contribution in [1.29, 1.82) is 5.26 Å². The molecule has 0 aliphatic heterocycles. The average molecular weight is 459 g/mol. The van der Waals surface area contributed by atoms with Crippen molar-refractivity contribution in [2.24, 2.45) is 0 Å². The normalized spacial score (nSPS) is 10.7. The fourth-order valence-corrected chi connectivity index (χ4v) is 3.55. The van der Waals surface area contributed by atoms with Crippen molar-refractivity contribution in [2.45, 2.75) is 26.7 Å². The molecule has 0 fully saturated rings. The molecule has 3 aromatic rings. The molecule has 0 aliphatic carbocycles. The summed E-state index contributed by atoms with van der Waals surface area (Å²) in [6, 6.07) is 6.84. The predicted octanol–water partition coefficient (Wildman–Crippen LogP) is 3.55. The van der Waals surface area contributed by atoms with Crippen LogP contribution in [0.25, 0.3) is 5.65 Å². The monoisotopic (exact) mass is 458 g/mol. The molecule has 0 unspecified atom stereocenters. The molecule has 1 N–H and O–H groups in total. The minimum absolute atomic E-state index is 0.0982. The van der Waals surface area contributed by atoms with Gasteiger partial charge in [0.1, 0.15) is 11.6 Å². The first-order valence-corrected chi connectivity index (χ1v) is 10.2. The molecule has 0 atom stereocenters. The summed E-state index contributed by atoms with van der Waals surface area (Å²) in [5.41, 5.74) is 3.88. The first-order valence-electron chi connectivity index (χ1n) is 9.44. The Morgan fingerprint density at radius 3 is 2.68 bits per heavy atom. The zero-order chi connectivity index (χ0) is 22.7. The van der Waals surface area contributed by atoms with E-state index in [-0.39, 0.29) is 24.8 Å². The number of carbonyl (C=O) groups excluding carboxylic acids is 2. The number of carbonyl (C=O) groups is 2. The summed E-state index contributed by atoms with van der Waals surface area (Å²) in [4.78, 5) is 30.6. The van der Waals surface area contributed by atoms with Crippen molar-refractivity contribution in [3.8, 4) is 6.07 Å². The lowest BCUT2D eigenvalue weighted by atomic mass is 10.1. The summed E-state index contributed by atoms with van der Waals surface area (Å²) in [6.07, 6.45) is 2.13. The first kappa shape index (κ1) is 22.5. The van der Waals surface area contributed by atoms with E-state index in [2.05, 4.69) is 21.5 Å². The Bertz CT molecular complexity index is 1210. The van der Waals surface area contributed by atoms with E-state index in [1.807, 2.05) is 13.8 Å². The van der Waals surface area contributed by atoms with Gasteiger partial charge in [-0.2, -0.15) is 10.4 Å². The number of nitrogens with zero attached hydrogens (tertiary/aromatic N) is 5. The van der Waals surface area contributed by atoms with Crippen molar-refractivity contribution in [2.75, 3.05) is 18.9 Å². The van der Waals surface area contributed by atoms with E-state index in [0.29, 0.717) is 33.4 Å². The van der Waals surface area contributed by atoms with Crippen LogP contribution in [0.3, 0.4) is 0 Å². The Balaban J connectivity index is 1.62. The van der Waals surface area contributed by atoms with Crippen LogP contribution in [0.2, 0.25) is 10.0 Å². The maximum Gasteiger partial charge on any atom is 0.243 e. The third kappa shape index (κ3) is 4.95. The molecule has 2 amide bonds. The van der Waals surface area contributed by atoms with Crippen LogP contribution < -0.4 is 5.32 Å². The zero-order valence-corrected chi connectivity index (χ0v) is 18.8. The fourth-order valence-electron chi connectivity index (χ4n) is 3.25. The van der Waals surface area contributed by atoms with Crippen molar-refractivity contribution < 1.29 is 9.59 Å². The number of aryl methyl sites for hydroxylation is 2. The average Bonchev–Trinajstić information content (AvgIpc) is 3.13. The number of likely N-dealkylation sites (N-methyl/N-ethyl adjacent to an activating group) is 1. The van der Waals surface area contributed by atoms with Crippen molar-refractivity contribution >= 4 is 46.4 Å². The number of nitrogens with one attached hydrogen (secondary N) is 1. The molecule has 1 aromatic carbocycles. The number of fused-ring (bicyclic) bond motifs is 1. The Morgan fingerprint density at radius 1 is 1.26 bits per heavy atom. The van der Waals surface area contributed by atoms with Gasteiger partial charge in [-0.3, -0.25) is 9.59 Å². The second-order valence-electron chi connectivity index (χ2n) is 7.09. The van der Waals surface area contributed by atoms with Crippen molar-refractivity contribution in [1.82, 2.24) is 19.5 Å². The van der Waals surface area contributed by atoms with Crippen LogP contribution in [0.4, 0.5) is 5.69 Å². The van der Waals surface area contributed by atoms with E-state index in [4.69, 9.17) is 28.5 Å². The topological polar surface area (TPSA) is 103 Å². The molecule has 3 rings (SSSR count). The minimum Gasteiger partial charge on any atom is -0.336 e. The molecule has 10 heteroatoms. The maximum absolute atomic E-state index is 12.6. The van der Waals surface area contributed by atoms with Gasteiger partial charge in [0.25, 0.3) is 0 Å². The van der Waals surface area contributed by atoms with E-state index in [9.17, 15) is 9.59 Å². The summed E-state index contributed by atoms with van der Waals surface area (Å²) in [7, 11) is 1.57. The van der Waals surface area contributed by atoms with Crippen LogP contribution in [0.5, 0.6) is 0 Å². The Labute approximate surface area is 189 Å². The third-order valence-electron chi connectivity index (χ3n) is 4.93. The van der Waals surface area contributed by atoms with Gasteiger partial charge >= 0.3 is 0 Å². The van der Waals surface area contributed by atoms with Crippen molar-refractivity contribution in [3.05, 3.63) is 57.0 Å². The first-order chi connectivity index (χ1) is 14.7. The number of halogens is 2. The van der Waals surface area contributed by atoms with Gasteiger partial charge in [-0.25, -0.2) is 9.50 Å². The SMILES string of the molecule is Cc1nc2c(C#N)cnn2c(C)c1CCC(=O)N(C)CC(=O)Nc1ccc(Cl)c(Cl)c1. The molecule has 0 bridgehead atoms. The van der Waals surface area contributed by atoms with Gasteiger partial charge in [0.05, 0.1) is 22.8 Å². The lowest BCUT2D eigenvalue weighted by Crippen LogP contribution is -2.35. The Kier molecular flexibility index (Phi) is 6.78. The van der Waals surface area contributed by atoms with Gasteiger partial charge in [-0.15, -0.1) is 0 Å². The standard InChI is InChI=1S/C21H20Cl2N6O2/c1-12-16(13(2)29-21(26-12)14(9-24)10-25-29)5-7-20(31)28(3)11-19(30)27-15-4-6-17(22)18(23)8-15/h4,6,8,10H,5,7,11H2,1-3H3,(H,27,30). The second-order valence-corrected chi connectivity index (χ2v) is 7.91. The smallest absolute Gasteiger partial charge is 0.243 e. The summed E-state index contributed by atoms with van der Waals surface area (Å²) < 4.78 is 1.61. The molecular formula is C21H20Cl2N6O2. The number of rotatable bonds is 6. The number of anilines is 1. The third-order valence-corrected chi connectivity index (χ3v) is 5.67. The van der Waals surface area contributed by atoms with E-state index >= 15 is 0 Å². The molecule has 160 valence electrons. The highest BCUT2D eigenvalue weighted by Crippen LogP contribution is 2.25. The highest BCUT2D eigenvalue weighted by atomic mass is 35.5. The fraction of sp³-hybridized carbons (Fsp3) is 0.286. The summed E-state index contributed by atoms with van der Waals surface area (Å²) in [5.74, 6) is -0.522. The molecule has 8 nitrogen and oxygen atoms in total. The van der Waals surface area contributed by atoms with Gasteiger partial charge < -0.3 is 10.2 Å². The minimum atomic E-state index is -0.342. The van der Waals surface area contributed by atoms with Crippen LogP contribution in [0.15, 0.2) is 24.4 Å². The van der Waals surface area contributed by atoms with Crippen LogP contribution in [0.1, 0.15) is 28.9 Å². The highest BCUT2D eigenvalue weighted by Gasteiger charge is 2.17. The van der Waals surface area contributed by atoms with E-state index in [1.54, 1.807) is 29.8 Å². The summed E-state index contributed by atoms with van der Waals surface area (Å²) in [6.45, 7) is 3.62. The largest absolute Gasteiger partial charge is 0.336 e. The van der Waals surface area contributed by atoms with E-state index < -0.39 is 0 Å². The number of amides is 2. The van der Waals surface area contributed by atoms with Gasteiger partial charge in [-0.1, -0.05) is 23.2 Å². The number of hydrogen-bond acceptors (Lipinski definition) is 5. The number of benzene rings is 1. The van der Waals surface area contributed by atoms with Crippen molar-refractivity contribution in [3.63, 3.8) is 0 Å². The van der Waals surface area contributed by atoms with Gasteiger partial charge in [0, 0.05) is 30.5 Å². The van der Waals surface area contributed by atoms with Gasteiger partial charge in [-0.05, 0) is 44.0 Å². The molecule has 0 spiro atoms. The van der Waals surface area contributed by atoms with E-state index in [0.717, 1.165) is 17.0 Å². The molecule has 2 aromatic heterocycles. The number of nitriles is 1. The van der Waals surface area contributed by atoms with Gasteiger partial charge in [0.2, 0.25) is 11.8 Å². The number of aromatic nitrogens is 3. The molecule has 0 saturated carbocycles. The molecule has 0 aliphatic rings. The maximum atomic E-state index is 12.6. The Morgan fingerprint density at radius 2 is 2.00 bits per heavy atom. The predicted molar refractivity (Wildman–Crippen MR) is 118 cm³/mol. The lowest BCUT2D eigenvalue weighted by molar-refractivity contribution is -0.133. The zero-order valence-electron chi connectivity index (χ0n) is 17.2. The molecule has 31 heavy (non-hydrogen) atoms. The van der Waals surface area contributed by atoms with Gasteiger partial charge in [0.15, 0.2) is 5.65 Å².